The van der Waals surface area contributed by atoms with E-state index in [4.69, 9.17) is 4.74 Å². The van der Waals surface area contributed by atoms with Crippen molar-refractivity contribution in [2.75, 3.05) is 6.61 Å². The van der Waals surface area contributed by atoms with Gasteiger partial charge in [-0.05, 0) is 13.0 Å². The molecule has 0 aliphatic heterocycles. The van der Waals surface area contributed by atoms with Crippen LogP contribution < -0.4 is 5.56 Å². The molecule has 0 aromatic carbocycles. The van der Waals surface area contributed by atoms with Crippen LogP contribution in [-0.4, -0.2) is 60.5 Å². The standard InChI is InChI=1S/C23H25F8N7O2Si/c1-13-9-36-18(39)16(14-7-33-37(10-14)20(26)22(27,28)19(24)25)17(23(29,30)31)34-21(36)38(13)15-8-32-35(11-15)12-40-5-6-41(2,3)4/h7-11,19-20H,5-6,12H2,1-4H3. The normalized spacial score (nSPS) is 14.0. The summed E-state index contributed by atoms with van der Waals surface area (Å²) in [5, 5.41) is 7.31. The highest BCUT2D eigenvalue weighted by atomic mass is 28.3. The highest BCUT2D eigenvalue weighted by Gasteiger charge is 2.51. The second-order valence-electron chi connectivity index (χ2n) is 10.5. The molecule has 0 saturated carbocycles. The van der Waals surface area contributed by atoms with E-state index in [1.54, 1.807) is 0 Å². The monoisotopic (exact) mass is 611 g/mol. The summed E-state index contributed by atoms with van der Waals surface area (Å²) in [4.78, 5) is 17.0. The summed E-state index contributed by atoms with van der Waals surface area (Å²) in [7, 11) is -1.32. The van der Waals surface area contributed by atoms with E-state index < -0.39 is 61.1 Å². The van der Waals surface area contributed by atoms with Crippen LogP contribution in [0.25, 0.3) is 22.6 Å². The predicted molar refractivity (Wildman–Crippen MR) is 133 cm³/mol. The molecule has 4 rings (SSSR count). The molecule has 0 aliphatic carbocycles. The molecule has 4 aromatic heterocycles. The minimum absolute atomic E-state index is 0.0816. The van der Waals surface area contributed by atoms with Gasteiger partial charge in [0.25, 0.3) is 11.9 Å². The van der Waals surface area contributed by atoms with Crippen molar-refractivity contribution in [2.45, 2.75) is 64.2 Å². The van der Waals surface area contributed by atoms with Gasteiger partial charge < -0.3 is 4.74 Å². The minimum Gasteiger partial charge on any atom is -0.360 e. The van der Waals surface area contributed by atoms with Crippen molar-refractivity contribution in [1.29, 1.82) is 0 Å². The van der Waals surface area contributed by atoms with E-state index >= 15 is 0 Å². The number of hydrogen-bond acceptors (Lipinski definition) is 5. The lowest BCUT2D eigenvalue weighted by molar-refractivity contribution is -0.194. The number of imidazole rings is 1. The summed E-state index contributed by atoms with van der Waals surface area (Å²) in [5.74, 6) is -5.63. The molecule has 0 fully saturated rings. The van der Waals surface area contributed by atoms with Gasteiger partial charge in [0.1, 0.15) is 6.73 Å². The Labute approximate surface area is 228 Å². The Balaban J connectivity index is 1.76. The molecule has 1 unspecified atom stereocenters. The van der Waals surface area contributed by atoms with Crippen molar-refractivity contribution in [3.05, 3.63) is 52.7 Å². The third-order valence-corrected chi connectivity index (χ3v) is 7.77. The second kappa shape index (κ2) is 10.7. The lowest BCUT2D eigenvalue weighted by Crippen LogP contribution is -2.35. The maximum atomic E-state index is 14.1. The summed E-state index contributed by atoms with van der Waals surface area (Å²) in [5.41, 5.74) is -4.30. The van der Waals surface area contributed by atoms with Gasteiger partial charge in [-0.3, -0.25) is 13.8 Å². The van der Waals surface area contributed by atoms with Crippen LogP contribution in [0.1, 0.15) is 17.7 Å². The molecule has 0 radical (unpaired) electrons. The highest BCUT2D eigenvalue weighted by Crippen LogP contribution is 2.38. The summed E-state index contributed by atoms with van der Waals surface area (Å²) in [6.45, 7) is 8.65. The number of fused-ring (bicyclic) bond motifs is 1. The molecule has 1 atom stereocenters. The Morgan fingerprint density at radius 2 is 1.68 bits per heavy atom. The number of aromatic nitrogens is 7. The van der Waals surface area contributed by atoms with Crippen LogP contribution in [0, 0.1) is 6.92 Å². The Kier molecular flexibility index (Phi) is 7.94. The first-order valence-corrected chi connectivity index (χ1v) is 15.8. The van der Waals surface area contributed by atoms with E-state index in [9.17, 15) is 39.9 Å². The van der Waals surface area contributed by atoms with Crippen LogP contribution in [0.5, 0.6) is 0 Å². The lowest BCUT2D eigenvalue weighted by atomic mass is 10.1. The van der Waals surface area contributed by atoms with Crippen molar-refractivity contribution >= 4 is 13.9 Å². The van der Waals surface area contributed by atoms with Gasteiger partial charge in [0.15, 0.2) is 5.69 Å². The fourth-order valence-electron chi connectivity index (χ4n) is 3.93. The first-order valence-electron chi connectivity index (χ1n) is 12.1. The molecule has 4 heterocycles. The van der Waals surface area contributed by atoms with Crippen molar-refractivity contribution in [3.8, 4) is 16.8 Å². The molecule has 224 valence electrons. The number of ether oxygens (including phenoxy) is 1. The van der Waals surface area contributed by atoms with E-state index in [0.29, 0.717) is 19.0 Å². The molecule has 0 bridgehead atoms. The molecule has 0 spiro atoms. The van der Waals surface area contributed by atoms with Gasteiger partial charge in [-0.2, -0.15) is 32.1 Å². The third-order valence-electron chi connectivity index (χ3n) is 6.06. The third kappa shape index (κ3) is 6.07. The average Bonchev–Trinajstić information content (AvgIpc) is 3.58. The summed E-state index contributed by atoms with van der Waals surface area (Å²) in [6, 6.07) is 0.914. The number of nitrogens with zero attached hydrogens (tertiary/aromatic N) is 7. The smallest absolute Gasteiger partial charge is 0.360 e. The number of halogens is 8. The Hall–Kier alpha value is -3.54. The van der Waals surface area contributed by atoms with Crippen LogP contribution in [-0.2, 0) is 17.6 Å². The number of hydrogen-bond donors (Lipinski definition) is 0. The lowest BCUT2D eigenvalue weighted by Gasteiger charge is -2.19. The zero-order chi connectivity index (χ0) is 30.5. The van der Waals surface area contributed by atoms with Crippen LogP contribution in [0.2, 0.25) is 25.7 Å². The van der Waals surface area contributed by atoms with E-state index in [0.717, 1.165) is 10.4 Å². The summed E-state index contributed by atoms with van der Waals surface area (Å²) >= 11 is 0. The molecule has 0 saturated heterocycles. The van der Waals surface area contributed by atoms with Crippen LogP contribution >= 0.6 is 0 Å². The molecule has 9 nitrogen and oxygen atoms in total. The van der Waals surface area contributed by atoms with Gasteiger partial charge in [0.05, 0.1) is 29.8 Å². The minimum atomic E-state index is -5.23. The fourth-order valence-corrected chi connectivity index (χ4v) is 4.69. The van der Waals surface area contributed by atoms with Crippen LogP contribution in [0.3, 0.4) is 0 Å². The first kappa shape index (κ1) is 30.4. The van der Waals surface area contributed by atoms with Gasteiger partial charge in [0.2, 0.25) is 5.78 Å². The van der Waals surface area contributed by atoms with E-state index in [2.05, 4.69) is 34.8 Å². The zero-order valence-electron chi connectivity index (χ0n) is 22.1. The van der Waals surface area contributed by atoms with Gasteiger partial charge >= 0.3 is 18.5 Å². The van der Waals surface area contributed by atoms with Gasteiger partial charge in [-0.15, -0.1) is 0 Å². The fraction of sp³-hybridized carbons (Fsp3) is 0.478. The van der Waals surface area contributed by atoms with E-state index in [1.807, 2.05) is 0 Å². The topological polar surface area (TPSA) is 84.2 Å². The second-order valence-corrected chi connectivity index (χ2v) is 16.1. The molecular formula is C23H25F8N7O2Si. The molecule has 4 aromatic rings. The average molecular weight is 612 g/mol. The molecular weight excluding hydrogens is 586 g/mol. The molecule has 41 heavy (non-hydrogen) atoms. The quantitative estimate of drug-likeness (QED) is 0.133. The zero-order valence-corrected chi connectivity index (χ0v) is 23.1. The maximum absolute atomic E-state index is 14.1. The number of rotatable bonds is 10. The van der Waals surface area contributed by atoms with Crippen molar-refractivity contribution in [1.82, 2.24) is 33.5 Å². The van der Waals surface area contributed by atoms with Crippen LogP contribution in [0.4, 0.5) is 35.1 Å². The number of alkyl halides is 8. The Morgan fingerprint density at radius 1 is 1.00 bits per heavy atom. The Bertz CT molecular complexity index is 1600. The van der Waals surface area contributed by atoms with Crippen molar-refractivity contribution < 1.29 is 39.9 Å². The van der Waals surface area contributed by atoms with Crippen molar-refractivity contribution in [2.24, 2.45) is 0 Å². The predicted octanol–water partition coefficient (Wildman–Crippen LogP) is 5.55. The summed E-state index contributed by atoms with van der Waals surface area (Å²) in [6.07, 6.45) is -8.51. The SMILES string of the molecule is Cc1cn2c(=O)c(-c3cnn(C(F)C(F)(F)C(F)F)c3)c(C(F)(F)F)nc2n1-c1cnn(COCC[Si](C)(C)C)c1. The molecule has 0 amide bonds. The van der Waals surface area contributed by atoms with Gasteiger partial charge in [-0.25, -0.2) is 27.5 Å². The maximum Gasteiger partial charge on any atom is 0.434 e. The van der Waals surface area contributed by atoms with E-state index in [-0.39, 0.29) is 22.8 Å². The molecule has 18 heteroatoms. The molecule has 0 aliphatic rings. The molecule has 0 N–H and O–H groups in total. The summed E-state index contributed by atoms with van der Waals surface area (Å²) < 4.78 is 117. The van der Waals surface area contributed by atoms with E-state index in [1.165, 1.54) is 34.8 Å². The Morgan fingerprint density at radius 3 is 2.29 bits per heavy atom. The van der Waals surface area contributed by atoms with Gasteiger partial charge in [-0.1, -0.05) is 19.6 Å². The van der Waals surface area contributed by atoms with Crippen LogP contribution in [0.15, 0.2) is 35.8 Å². The van der Waals surface area contributed by atoms with Gasteiger partial charge in [0, 0.05) is 38.3 Å². The number of aryl methyl sites for hydroxylation is 1. The first-order chi connectivity index (χ1) is 18.9. The largest absolute Gasteiger partial charge is 0.434 e. The highest BCUT2D eigenvalue weighted by molar-refractivity contribution is 6.76. The van der Waals surface area contributed by atoms with Crippen molar-refractivity contribution in [3.63, 3.8) is 0 Å².